The zero-order valence-electron chi connectivity index (χ0n) is 15.2. The van der Waals surface area contributed by atoms with E-state index in [0.29, 0.717) is 17.2 Å². The van der Waals surface area contributed by atoms with Gasteiger partial charge in [0, 0.05) is 5.56 Å². The van der Waals surface area contributed by atoms with Crippen LogP contribution in [0.25, 0.3) is 11.3 Å². The van der Waals surface area contributed by atoms with E-state index in [1.165, 1.54) is 6.20 Å². The van der Waals surface area contributed by atoms with Crippen molar-refractivity contribution < 1.29 is 14.8 Å². The van der Waals surface area contributed by atoms with E-state index in [2.05, 4.69) is 33.0 Å². The van der Waals surface area contributed by atoms with Gasteiger partial charge in [-0.05, 0) is 6.42 Å². The molecule has 0 spiro atoms. The van der Waals surface area contributed by atoms with E-state index in [9.17, 15) is 14.8 Å². The lowest BCUT2D eigenvalue weighted by Crippen LogP contribution is -2.40. The topological polar surface area (TPSA) is 120 Å². The number of unbranched alkanes of at least 4 members (excludes halogenated alkanes) is 2. The molecule has 0 unspecified atom stereocenters. The van der Waals surface area contributed by atoms with Crippen molar-refractivity contribution in [2.45, 2.75) is 32.6 Å². The summed E-state index contributed by atoms with van der Waals surface area (Å²) < 4.78 is 0. The Hall–Kier alpha value is -3.07. The lowest BCUT2D eigenvalue weighted by molar-refractivity contribution is -0.154. The first kappa shape index (κ1) is 20.2. The summed E-state index contributed by atoms with van der Waals surface area (Å²) in [4.78, 5) is 27.4. The maximum absolute atomic E-state index is 12.4. The van der Waals surface area contributed by atoms with Gasteiger partial charge in [-0.15, -0.1) is 5.10 Å². The molecule has 9 heteroatoms. The van der Waals surface area contributed by atoms with Crippen LogP contribution < -0.4 is 10.9 Å². The fraction of sp³-hybridized carbons (Fsp3) is 0.389. The minimum absolute atomic E-state index is 0.0795. The van der Waals surface area contributed by atoms with Crippen molar-refractivity contribution in [1.82, 2.24) is 25.7 Å². The molecule has 0 aliphatic heterocycles. The summed E-state index contributed by atoms with van der Waals surface area (Å²) in [5, 5.41) is 17.6. The summed E-state index contributed by atoms with van der Waals surface area (Å²) in [6.45, 7) is 1.98. The molecule has 2 rings (SSSR count). The number of benzene rings is 1. The Bertz CT molecular complexity index is 728. The molecule has 0 saturated heterocycles. The van der Waals surface area contributed by atoms with Gasteiger partial charge in [0.25, 0.3) is 5.95 Å². The number of carbonyl (C=O) groups excluding carboxylic acids is 2. The first-order valence-electron chi connectivity index (χ1n) is 8.85. The van der Waals surface area contributed by atoms with Crippen LogP contribution in [0.15, 0.2) is 36.5 Å². The number of rotatable bonds is 11. The Kier molecular flexibility index (Phi) is 8.11. The van der Waals surface area contributed by atoms with E-state index >= 15 is 0 Å². The van der Waals surface area contributed by atoms with E-state index in [-0.39, 0.29) is 24.8 Å². The van der Waals surface area contributed by atoms with Crippen LogP contribution >= 0.6 is 0 Å². The number of amides is 2. The van der Waals surface area contributed by atoms with Crippen molar-refractivity contribution in [2.24, 2.45) is 5.92 Å². The number of hydrazine groups is 1. The molecular formula is C18H24N6O3. The molecule has 3 N–H and O–H groups in total. The SMILES string of the molecule is CCCCC[C@@H](CN(O)C=O)C(=O)NNc1nncc(-c2ccccc2)n1. The predicted octanol–water partition coefficient (Wildman–Crippen LogP) is 2.03. The van der Waals surface area contributed by atoms with Gasteiger partial charge >= 0.3 is 0 Å². The van der Waals surface area contributed by atoms with E-state index in [1.807, 2.05) is 30.3 Å². The molecule has 0 radical (unpaired) electrons. The van der Waals surface area contributed by atoms with Gasteiger partial charge in [0.05, 0.1) is 24.4 Å². The number of carbonyl (C=O) groups is 2. The molecule has 144 valence electrons. The van der Waals surface area contributed by atoms with E-state index in [1.54, 1.807) is 0 Å². The zero-order valence-corrected chi connectivity index (χ0v) is 15.2. The Balaban J connectivity index is 1.98. The number of nitrogens with one attached hydrogen (secondary N) is 2. The van der Waals surface area contributed by atoms with E-state index < -0.39 is 5.92 Å². The van der Waals surface area contributed by atoms with Gasteiger partial charge in [-0.25, -0.2) is 10.0 Å². The van der Waals surface area contributed by atoms with Crippen LogP contribution in [0.1, 0.15) is 32.6 Å². The van der Waals surface area contributed by atoms with Crippen LogP contribution in [0.3, 0.4) is 0 Å². The minimum atomic E-state index is -0.551. The van der Waals surface area contributed by atoms with Gasteiger partial charge in [0.2, 0.25) is 12.3 Å². The summed E-state index contributed by atoms with van der Waals surface area (Å²) in [7, 11) is 0. The molecule has 2 amide bonds. The Morgan fingerprint density at radius 2 is 2.07 bits per heavy atom. The van der Waals surface area contributed by atoms with Crippen LogP contribution in [0, 0.1) is 5.92 Å². The van der Waals surface area contributed by atoms with Crippen LogP contribution in [0.5, 0.6) is 0 Å². The third kappa shape index (κ3) is 6.63. The van der Waals surface area contributed by atoms with Gasteiger partial charge in [0.1, 0.15) is 0 Å². The van der Waals surface area contributed by atoms with Crippen molar-refractivity contribution in [3.63, 3.8) is 0 Å². The van der Waals surface area contributed by atoms with Gasteiger partial charge < -0.3 is 0 Å². The van der Waals surface area contributed by atoms with Crippen LogP contribution in [0.4, 0.5) is 5.95 Å². The predicted molar refractivity (Wildman–Crippen MR) is 99.2 cm³/mol. The van der Waals surface area contributed by atoms with Crippen LogP contribution in [-0.2, 0) is 9.59 Å². The number of hydrogen-bond acceptors (Lipinski definition) is 7. The third-order valence-corrected chi connectivity index (χ3v) is 3.98. The molecule has 0 bridgehead atoms. The maximum Gasteiger partial charge on any atom is 0.262 e. The van der Waals surface area contributed by atoms with E-state index in [4.69, 9.17) is 0 Å². The average Bonchev–Trinajstić information content (AvgIpc) is 2.72. The second-order valence-electron chi connectivity index (χ2n) is 6.07. The molecule has 1 aromatic heterocycles. The monoisotopic (exact) mass is 372 g/mol. The molecule has 27 heavy (non-hydrogen) atoms. The van der Waals surface area contributed by atoms with Crippen molar-refractivity contribution in [2.75, 3.05) is 12.0 Å². The van der Waals surface area contributed by atoms with Crippen molar-refractivity contribution in [3.05, 3.63) is 36.5 Å². The lowest BCUT2D eigenvalue weighted by atomic mass is 10.0. The van der Waals surface area contributed by atoms with Crippen molar-refractivity contribution in [1.29, 1.82) is 0 Å². The molecule has 0 aliphatic rings. The maximum atomic E-state index is 12.4. The normalized spacial score (nSPS) is 11.5. The number of hydroxylamine groups is 2. The van der Waals surface area contributed by atoms with Gasteiger partial charge in [-0.3, -0.25) is 25.6 Å². The summed E-state index contributed by atoms with van der Waals surface area (Å²) in [6.07, 6.45) is 5.16. The summed E-state index contributed by atoms with van der Waals surface area (Å²) in [6, 6.07) is 9.47. The summed E-state index contributed by atoms with van der Waals surface area (Å²) >= 11 is 0. The van der Waals surface area contributed by atoms with Crippen LogP contribution in [0.2, 0.25) is 0 Å². The highest BCUT2D eigenvalue weighted by molar-refractivity contribution is 5.80. The second-order valence-corrected chi connectivity index (χ2v) is 6.07. The molecule has 0 saturated carbocycles. The Labute approximate surface area is 157 Å². The van der Waals surface area contributed by atoms with Gasteiger partial charge in [0.15, 0.2) is 0 Å². The number of hydrogen-bond donors (Lipinski definition) is 3. The molecule has 2 aromatic rings. The summed E-state index contributed by atoms with van der Waals surface area (Å²) in [5.74, 6) is -0.765. The molecule has 0 aliphatic carbocycles. The van der Waals surface area contributed by atoms with E-state index in [0.717, 1.165) is 24.8 Å². The third-order valence-electron chi connectivity index (χ3n) is 3.98. The first-order valence-corrected chi connectivity index (χ1v) is 8.85. The first-order chi connectivity index (χ1) is 13.1. The highest BCUT2D eigenvalue weighted by atomic mass is 16.5. The molecule has 1 atom stereocenters. The highest BCUT2D eigenvalue weighted by Crippen LogP contribution is 2.16. The second kappa shape index (κ2) is 10.8. The van der Waals surface area contributed by atoms with Crippen molar-refractivity contribution in [3.8, 4) is 11.3 Å². The minimum Gasteiger partial charge on any atom is -0.286 e. The van der Waals surface area contributed by atoms with Gasteiger partial charge in [-0.1, -0.05) is 56.5 Å². The molecule has 1 aromatic carbocycles. The smallest absolute Gasteiger partial charge is 0.262 e. The molecular weight excluding hydrogens is 348 g/mol. The number of aromatic nitrogens is 3. The molecule has 1 heterocycles. The fourth-order valence-corrected chi connectivity index (χ4v) is 2.54. The average molecular weight is 372 g/mol. The molecule has 9 nitrogen and oxygen atoms in total. The number of nitrogens with zero attached hydrogens (tertiary/aromatic N) is 4. The van der Waals surface area contributed by atoms with Gasteiger partial charge in [-0.2, -0.15) is 5.10 Å². The lowest BCUT2D eigenvalue weighted by Gasteiger charge is -2.19. The Morgan fingerprint density at radius 3 is 2.78 bits per heavy atom. The Morgan fingerprint density at radius 1 is 1.30 bits per heavy atom. The van der Waals surface area contributed by atoms with Crippen LogP contribution in [-0.4, -0.2) is 44.3 Å². The largest absolute Gasteiger partial charge is 0.286 e. The standard InChI is InChI=1S/C18H24N6O3/c1-2-3-5-10-15(12-24(27)13-25)17(26)21-23-18-20-16(11-19-22-18)14-8-6-4-7-9-14/h4,6-9,11,13,15,27H,2-3,5,10,12H2,1H3,(H,21,26)(H,20,22,23)/t15-/m0/s1. The summed E-state index contributed by atoms with van der Waals surface area (Å²) in [5.41, 5.74) is 6.66. The highest BCUT2D eigenvalue weighted by Gasteiger charge is 2.20. The fourth-order valence-electron chi connectivity index (χ4n) is 2.54. The number of anilines is 1. The van der Waals surface area contributed by atoms with Crippen molar-refractivity contribution >= 4 is 18.3 Å². The quantitative estimate of drug-likeness (QED) is 0.239. The molecule has 0 fully saturated rings. The zero-order chi connectivity index (χ0) is 19.5.